The minimum absolute atomic E-state index is 0.0148. The molecule has 0 saturated heterocycles. The third-order valence-corrected chi connectivity index (χ3v) is 9.60. The Labute approximate surface area is 323 Å². The van der Waals surface area contributed by atoms with Gasteiger partial charge in [-0.15, -0.1) is 0 Å². The molecule has 0 aliphatic rings. The Morgan fingerprint density at radius 1 is 0.630 bits per heavy atom. The predicted octanol–water partition coefficient (Wildman–Crippen LogP) is 7.27. The number of alkyl carbamates (subject to hydrolysis) is 2. The fourth-order valence-electron chi connectivity index (χ4n) is 5.36. The molecule has 0 heterocycles. The third kappa shape index (κ3) is 18.6. The monoisotopic (exact) mass is 768 g/mol. The summed E-state index contributed by atoms with van der Waals surface area (Å²) in [5, 5.41) is 11.2. The average molecular weight is 769 g/mol. The van der Waals surface area contributed by atoms with Crippen molar-refractivity contribution in [2.45, 2.75) is 137 Å². The summed E-state index contributed by atoms with van der Waals surface area (Å²) in [7, 11) is -1.60. The summed E-state index contributed by atoms with van der Waals surface area (Å²) in [5.74, 6) is -2.01. The van der Waals surface area contributed by atoms with Crippen LogP contribution in [0.5, 0.6) is 0 Å². The zero-order valence-electron chi connectivity index (χ0n) is 34.4. The van der Waals surface area contributed by atoms with E-state index in [0.717, 1.165) is 5.56 Å². The van der Waals surface area contributed by atoms with Gasteiger partial charge in [-0.25, -0.2) is 14.4 Å². The summed E-state index contributed by atoms with van der Waals surface area (Å²) in [5.41, 5.74) is -0.379. The number of nitrogens with one attached hydrogen (secondary N) is 4. The Balaban J connectivity index is 2.47. The highest BCUT2D eigenvalue weighted by Gasteiger charge is 2.39. The average Bonchev–Trinajstić information content (AvgIpc) is 3.02. The maximum Gasteiger partial charge on any atom is 0.408 e. The molecule has 0 unspecified atom stereocenters. The second-order valence-electron chi connectivity index (χ2n) is 18.3. The molecule has 0 radical (unpaired) electrons. The van der Waals surface area contributed by atoms with Crippen molar-refractivity contribution in [1.82, 2.24) is 21.3 Å². The van der Waals surface area contributed by atoms with Crippen molar-refractivity contribution in [2.75, 3.05) is 6.61 Å². The maximum atomic E-state index is 14.4. The maximum absolute atomic E-state index is 14.4. The molecule has 0 aromatic heterocycles. The lowest BCUT2D eigenvalue weighted by Crippen LogP contribution is -2.59. The van der Waals surface area contributed by atoms with Gasteiger partial charge in [0.2, 0.25) is 11.8 Å². The van der Waals surface area contributed by atoms with E-state index in [-0.39, 0.29) is 26.1 Å². The van der Waals surface area contributed by atoms with Crippen LogP contribution in [0.3, 0.4) is 0 Å². The summed E-state index contributed by atoms with van der Waals surface area (Å²) in [6.45, 7) is 23.3. The molecule has 0 aliphatic heterocycles. The van der Waals surface area contributed by atoms with Gasteiger partial charge in [0.1, 0.15) is 24.3 Å². The molecule has 54 heavy (non-hydrogen) atoms. The fourth-order valence-corrected chi connectivity index (χ4v) is 6.07. The zero-order valence-corrected chi connectivity index (χ0v) is 35.4. The van der Waals surface area contributed by atoms with Crippen molar-refractivity contribution in [3.63, 3.8) is 0 Å². The lowest BCUT2D eigenvalue weighted by Gasteiger charge is -2.33. The minimum Gasteiger partial charge on any atom is -0.464 e. The summed E-state index contributed by atoms with van der Waals surface area (Å²) >= 11 is 0. The molecule has 4 atom stereocenters. The Hall–Kier alpha value is -4.39. The van der Waals surface area contributed by atoms with Gasteiger partial charge in [0.25, 0.3) is 0 Å². The molecule has 12 nitrogen and oxygen atoms in total. The van der Waals surface area contributed by atoms with E-state index < -0.39 is 78.6 Å². The lowest BCUT2D eigenvalue weighted by molar-refractivity contribution is -0.148. The number of rotatable bonds is 16. The minimum atomic E-state index is -1.60. The molecule has 13 heteroatoms. The lowest BCUT2D eigenvalue weighted by atomic mass is 9.86. The largest absolute Gasteiger partial charge is 0.464 e. The Kier molecular flexibility index (Phi) is 16.8. The molecule has 2 aromatic carbocycles. The highest BCUT2D eigenvalue weighted by Crippen LogP contribution is 2.25. The van der Waals surface area contributed by atoms with E-state index in [9.17, 15) is 24.0 Å². The number of benzene rings is 2. The van der Waals surface area contributed by atoms with Crippen LogP contribution < -0.4 is 21.3 Å². The zero-order chi connectivity index (χ0) is 40.9. The van der Waals surface area contributed by atoms with Crippen LogP contribution in [0.25, 0.3) is 0 Å². The molecular formula is C41H64N4O8Si. The van der Waals surface area contributed by atoms with Crippen molar-refractivity contribution < 1.29 is 38.2 Å². The van der Waals surface area contributed by atoms with Gasteiger partial charge in [0.05, 0.1) is 12.6 Å². The van der Waals surface area contributed by atoms with E-state index in [1.165, 1.54) is 0 Å². The van der Waals surface area contributed by atoms with Crippen LogP contribution in [-0.2, 0) is 35.2 Å². The first-order valence-electron chi connectivity index (χ1n) is 18.6. The molecule has 4 amide bonds. The topological polar surface area (TPSA) is 161 Å². The number of amides is 4. The summed E-state index contributed by atoms with van der Waals surface area (Å²) in [6.07, 6.45) is -1.15. The molecule has 0 aliphatic carbocycles. The van der Waals surface area contributed by atoms with Gasteiger partial charge in [-0.05, 0) is 61.6 Å². The number of carbonyl (C=O) groups is 5. The Morgan fingerprint density at radius 3 is 1.63 bits per heavy atom. The van der Waals surface area contributed by atoms with Gasteiger partial charge >= 0.3 is 18.2 Å². The highest BCUT2D eigenvalue weighted by molar-refractivity contribution is 6.76. The third-order valence-electron chi connectivity index (χ3n) is 7.90. The molecule has 300 valence electrons. The number of esters is 1. The summed E-state index contributed by atoms with van der Waals surface area (Å²) in [6, 6.07) is 13.9. The van der Waals surface area contributed by atoms with Crippen molar-refractivity contribution in [1.29, 1.82) is 0 Å². The fraction of sp³-hybridized carbons (Fsp3) is 0.585. The summed E-state index contributed by atoms with van der Waals surface area (Å²) in [4.78, 5) is 68.4. The van der Waals surface area contributed by atoms with Gasteiger partial charge in [-0.1, -0.05) is 122 Å². The molecule has 2 aromatic rings. The SMILES string of the molecule is CC(C)(C)C[C@H](NC(=O)[C@@H](CC(C)(C)C)NC(=O)OCc1ccccc1)C(=O)N[C@H](C(=O)OCC[Si](C)(C)C)[C@H](NC(=O)OC(C)(C)C)c1ccccc1. The number of hydrogen-bond acceptors (Lipinski definition) is 8. The van der Waals surface area contributed by atoms with Crippen molar-refractivity contribution in [2.24, 2.45) is 10.8 Å². The molecular weight excluding hydrogens is 705 g/mol. The van der Waals surface area contributed by atoms with Crippen molar-refractivity contribution in [3.05, 3.63) is 71.8 Å². The van der Waals surface area contributed by atoms with Crippen LogP contribution in [0.15, 0.2) is 60.7 Å². The first-order chi connectivity index (χ1) is 24.8. The van der Waals surface area contributed by atoms with Gasteiger partial charge < -0.3 is 35.5 Å². The predicted molar refractivity (Wildman–Crippen MR) is 213 cm³/mol. The first-order valence-corrected chi connectivity index (χ1v) is 22.3. The van der Waals surface area contributed by atoms with Crippen LogP contribution in [0.4, 0.5) is 9.59 Å². The van der Waals surface area contributed by atoms with Crippen LogP contribution in [0.2, 0.25) is 25.7 Å². The van der Waals surface area contributed by atoms with Crippen molar-refractivity contribution in [3.8, 4) is 0 Å². The Morgan fingerprint density at radius 2 is 1.13 bits per heavy atom. The standard InChI is InChI=1S/C41H64N4O8Si/c1-39(2,3)25-30(42-34(46)31(26-40(4,5)6)43-37(49)52-27-28-19-15-13-16-20-28)35(47)44-33(36(48)51-23-24-54(10,11)12)32(29-21-17-14-18-22-29)45-38(50)53-41(7,8)9/h13-22,30-33H,23-27H2,1-12H3,(H,42,46)(H,43,49)(H,44,47)(H,45,50)/t30-,31+,32+,33-/m0/s1. The molecule has 0 spiro atoms. The van der Waals surface area contributed by atoms with E-state index in [2.05, 4.69) is 40.9 Å². The molecule has 2 rings (SSSR count). The highest BCUT2D eigenvalue weighted by atomic mass is 28.3. The molecule has 0 bridgehead atoms. The molecule has 0 fully saturated rings. The van der Waals surface area contributed by atoms with Gasteiger partial charge in [-0.2, -0.15) is 0 Å². The molecule has 0 saturated carbocycles. The number of carbonyl (C=O) groups excluding carboxylic acids is 5. The van der Waals surface area contributed by atoms with E-state index >= 15 is 0 Å². The van der Waals surface area contributed by atoms with Crippen LogP contribution in [0, 0.1) is 10.8 Å². The smallest absolute Gasteiger partial charge is 0.408 e. The number of hydrogen-bond donors (Lipinski definition) is 4. The van der Waals surface area contributed by atoms with Gasteiger partial charge in [0.15, 0.2) is 6.04 Å². The quantitative estimate of drug-likeness (QED) is 0.0788. The summed E-state index contributed by atoms with van der Waals surface area (Å²) < 4.78 is 16.7. The van der Waals surface area contributed by atoms with E-state index in [1.807, 2.05) is 71.9 Å². The van der Waals surface area contributed by atoms with Crippen LogP contribution in [-0.4, -0.2) is 68.4 Å². The van der Waals surface area contributed by atoms with Gasteiger partial charge in [0, 0.05) is 8.07 Å². The van der Waals surface area contributed by atoms with Gasteiger partial charge in [-0.3, -0.25) is 9.59 Å². The van der Waals surface area contributed by atoms with Crippen LogP contribution in [0.1, 0.15) is 92.3 Å². The second kappa shape index (κ2) is 19.8. The van der Waals surface area contributed by atoms with E-state index in [1.54, 1.807) is 51.1 Å². The first kappa shape index (κ1) is 45.8. The van der Waals surface area contributed by atoms with Crippen LogP contribution >= 0.6 is 0 Å². The molecule has 4 N–H and O–H groups in total. The normalized spacial score (nSPS) is 14.4. The van der Waals surface area contributed by atoms with E-state index in [0.29, 0.717) is 11.6 Å². The Bertz CT molecular complexity index is 1530. The number of ether oxygens (including phenoxy) is 3. The second-order valence-corrected chi connectivity index (χ2v) is 24.0. The van der Waals surface area contributed by atoms with E-state index in [4.69, 9.17) is 14.2 Å². The van der Waals surface area contributed by atoms with Crippen molar-refractivity contribution >= 4 is 38.0 Å².